The lowest BCUT2D eigenvalue weighted by atomic mass is 10.2. The van der Waals surface area contributed by atoms with E-state index in [1.54, 1.807) is 6.20 Å². The van der Waals surface area contributed by atoms with Gasteiger partial charge in [-0.05, 0) is 37.1 Å². The first kappa shape index (κ1) is 17.1. The zero-order valence-electron chi connectivity index (χ0n) is 15.2. The molecule has 4 rings (SSSR count). The molecule has 3 heterocycles. The van der Waals surface area contributed by atoms with Crippen molar-refractivity contribution in [3.63, 3.8) is 0 Å². The molecule has 1 aliphatic heterocycles. The third-order valence-electron chi connectivity index (χ3n) is 4.63. The van der Waals surface area contributed by atoms with Crippen molar-refractivity contribution in [1.29, 1.82) is 0 Å². The molecule has 0 spiro atoms. The predicted octanol–water partition coefficient (Wildman–Crippen LogP) is 3.32. The van der Waals surface area contributed by atoms with Gasteiger partial charge in [-0.2, -0.15) is 0 Å². The van der Waals surface area contributed by atoms with E-state index >= 15 is 0 Å². The molecular weight excluding hydrogens is 338 g/mol. The summed E-state index contributed by atoms with van der Waals surface area (Å²) in [5, 5.41) is 3.31. The molecule has 0 bridgehead atoms. The minimum absolute atomic E-state index is 0.0669. The summed E-state index contributed by atoms with van der Waals surface area (Å²) in [4.78, 5) is 28.1. The second kappa shape index (κ2) is 7.53. The van der Waals surface area contributed by atoms with E-state index in [9.17, 15) is 4.79 Å². The van der Waals surface area contributed by atoms with Crippen LogP contribution in [0, 0.1) is 0 Å². The number of pyridine rings is 1. The Morgan fingerprint density at radius 1 is 1.11 bits per heavy atom. The number of anilines is 2. The molecule has 0 aliphatic carbocycles. The molecule has 6 heteroatoms. The highest BCUT2D eigenvalue weighted by Crippen LogP contribution is 2.24. The number of carbonyl (C=O) groups excluding carboxylic acids is 1. The van der Waals surface area contributed by atoms with Crippen molar-refractivity contribution in [2.24, 2.45) is 0 Å². The number of aromatic nitrogens is 3. The second-order valence-electron chi connectivity index (χ2n) is 6.45. The molecule has 1 N–H and O–H groups in total. The smallest absolute Gasteiger partial charge is 0.249 e. The molecule has 0 radical (unpaired) electrons. The van der Waals surface area contributed by atoms with Crippen molar-refractivity contribution in [3.8, 4) is 11.5 Å². The summed E-state index contributed by atoms with van der Waals surface area (Å²) in [6.07, 6.45) is 3.24. The molecule has 2 aromatic heterocycles. The fourth-order valence-corrected chi connectivity index (χ4v) is 3.22. The molecule has 27 heavy (non-hydrogen) atoms. The summed E-state index contributed by atoms with van der Waals surface area (Å²) < 4.78 is 0. The van der Waals surface area contributed by atoms with Crippen molar-refractivity contribution in [3.05, 3.63) is 66.5 Å². The number of benzene rings is 1. The van der Waals surface area contributed by atoms with Gasteiger partial charge in [0.1, 0.15) is 17.6 Å². The number of aryl methyl sites for hydroxylation is 1. The normalized spacial score (nSPS) is 16.6. The van der Waals surface area contributed by atoms with E-state index in [0.717, 1.165) is 29.9 Å². The van der Waals surface area contributed by atoms with E-state index in [4.69, 9.17) is 0 Å². The minimum Gasteiger partial charge on any atom is -0.358 e. The first-order valence-electron chi connectivity index (χ1n) is 9.17. The van der Waals surface area contributed by atoms with Crippen molar-refractivity contribution in [1.82, 2.24) is 15.0 Å². The van der Waals surface area contributed by atoms with Crippen molar-refractivity contribution >= 4 is 17.4 Å². The van der Waals surface area contributed by atoms with Gasteiger partial charge in [-0.3, -0.25) is 9.78 Å². The minimum atomic E-state index is -0.290. The maximum absolute atomic E-state index is 12.8. The first-order valence-corrected chi connectivity index (χ1v) is 9.17. The molecule has 1 aromatic carbocycles. The largest absolute Gasteiger partial charge is 0.358 e. The van der Waals surface area contributed by atoms with Crippen molar-refractivity contribution in [2.45, 2.75) is 25.8 Å². The van der Waals surface area contributed by atoms with Crippen LogP contribution in [0.4, 0.5) is 11.5 Å². The van der Waals surface area contributed by atoms with Crippen LogP contribution in [-0.2, 0) is 11.2 Å². The number of nitrogens with zero attached hydrogens (tertiary/aromatic N) is 4. The molecule has 1 atom stereocenters. The summed E-state index contributed by atoms with van der Waals surface area (Å²) in [7, 11) is 0. The number of carbonyl (C=O) groups is 1. The van der Waals surface area contributed by atoms with Gasteiger partial charge in [0, 0.05) is 30.2 Å². The van der Waals surface area contributed by atoms with Crippen LogP contribution in [0.25, 0.3) is 11.5 Å². The molecule has 136 valence electrons. The standard InChI is InChI=1S/C21H21N5O/c1-2-15-14-19(25-20(23-15)17-10-6-7-12-22-17)24-18-11-13-26(21(18)27)16-8-4-3-5-9-16/h3-10,12,14,18H,2,11,13H2,1H3,(H,23,24,25). The van der Waals surface area contributed by atoms with Gasteiger partial charge in [-0.25, -0.2) is 9.97 Å². The number of para-hydroxylation sites is 1. The van der Waals surface area contributed by atoms with Gasteiger partial charge in [0.2, 0.25) is 5.91 Å². The van der Waals surface area contributed by atoms with Gasteiger partial charge in [0.15, 0.2) is 5.82 Å². The summed E-state index contributed by atoms with van der Waals surface area (Å²) in [5.74, 6) is 1.30. The maximum Gasteiger partial charge on any atom is 0.249 e. The summed E-state index contributed by atoms with van der Waals surface area (Å²) >= 11 is 0. The zero-order valence-corrected chi connectivity index (χ0v) is 15.2. The number of nitrogens with one attached hydrogen (secondary N) is 1. The number of rotatable bonds is 5. The van der Waals surface area contributed by atoms with Crippen LogP contribution >= 0.6 is 0 Å². The van der Waals surface area contributed by atoms with Gasteiger partial charge < -0.3 is 10.2 Å². The van der Waals surface area contributed by atoms with Gasteiger partial charge in [0.05, 0.1) is 0 Å². The van der Waals surface area contributed by atoms with E-state index in [-0.39, 0.29) is 11.9 Å². The maximum atomic E-state index is 12.8. The third-order valence-corrected chi connectivity index (χ3v) is 4.63. The van der Waals surface area contributed by atoms with Crippen LogP contribution < -0.4 is 10.2 Å². The van der Waals surface area contributed by atoms with Gasteiger partial charge in [-0.1, -0.05) is 31.2 Å². The Hall–Kier alpha value is -3.28. The Balaban J connectivity index is 1.57. The van der Waals surface area contributed by atoms with E-state index in [1.165, 1.54) is 0 Å². The van der Waals surface area contributed by atoms with Crippen molar-refractivity contribution in [2.75, 3.05) is 16.8 Å². The molecule has 1 aliphatic rings. The van der Waals surface area contributed by atoms with Crippen LogP contribution in [-0.4, -0.2) is 33.4 Å². The average Bonchev–Trinajstić information content (AvgIpc) is 3.09. The van der Waals surface area contributed by atoms with E-state index in [0.29, 0.717) is 18.2 Å². The van der Waals surface area contributed by atoms with Crippen LogP contribution in [0.5, 0.6) is 0 Å². The Bertz CT molecular complexity index is 930. The fourth-order valence-electron chi connectivity index (χ4n) is 3.22. The highest BCUT2D eigenvalue weighted by Gasteiger charge is 2.32. The summed E-state index contributed by atoms with van der Waals surface area (Å²) in [6.45, 7) is 2.74. The quantitative estimate of drug-likeness (QED) is 0.757. The molecule has 1 amide bonds. The monoisotopic (exact) mass is 359 g/mol. The molecule has 1 fully saturated rings. The topological polar surface area (TPSA) is 71.0 Å². The average molecular weight is 359 g/mol. The van der Waals surface area contributed by atoms with Crippen LogP contribution in [0.1, 0.15) is 19.0 Å². The van der Waals surface area contributed by atoms with E-state index in [2.05, 4.69) is 20.3 Å². The van der Waals surface area contributed by atoms with E-state index < -0.39 is 0 Å². The second-order valence-corrected chi connectivity index (χ2v) is 6.45. The Morgan fingerprint density at radius 3 is 2.67 bits per heavy atom. The lowest BCUT2D eigenvalue weighted by Gasteiger charge is -2.17. The predicted molar refractivity (Wildman–Crippen MR) is 105 cm³/mol. The number of hydrogen-bond donors (Lipinski definition) is 1. The summed E-state index contributed by atoms with van der Waals surface area (Å²) in [5.41, 5.74) is 2.57. The van der Waals surface area contributed by atoms with Gasteiger partial charge in [-0.15, -0.1) is 0 Å². The Morgan fingerprint density at radius 2 is 1.93 bits per heavy atom. The lowest BCUT2D eigenvalue weighted by Crippen LogP contribution is -2.33. The zero-order chi connectivity index (χ0) is 18.6. The molecule has 6 nitrogen and oxygen atoms in total. The lowest BCUT2D eigenvalue weighted by molar-refractivity contribution is -0.117. The van der Waals surface area contributed by atoms with Crippen LogP contribution in [0.2, 0.25) is 0 Å². The molecule has 0 saturated carbocycles. The summed E-state index contributed by atoms with van der Waals surface area (Å²) in [6, 6.07) is 17.0. The highest BCUT2D eigenvalue weighted by atomic mass is 16.2. The molecule has 3 aromatic rings. The SMILES string of the molecule is CCc1cc(NC2CCN(c3ccccc3)C2=O)nc(-c2ccccn2)n1. The number of amides is 1. The van der Waals surface area contributed by atoms with Crippen molar-refractivity contribution < 1.29 is 4.79 Å². The fraction of sp³-hybridized carbons (Fsp3) is 0.238. The molecular formula is C21H21N5O. The Labute approximate surface area is 158 Å². The highest BCUT2D eigenvalue weighted by molar-refractivity contribution is 6.00. The van der Waals surface area contributed by atoms with Gasteiger partial charge >= 0.3 is 0 Å². The van der Waals surface area contributed by atoms with E-state index in [1.807, 2.05) is 66.4 Å². The number of hydrogen-bond acceptors (Lipinski definition) is 5. The molecule has 1 saturated heterocycles. The first-order chi connectivity index (χ1) is 13.2. The Kier molecular flexibility index (Phi) is 4.78. The van der Waals surface area contributed by atoms with Crippen LogP contribution in [0.15, 0.2) is 60.8 Å². The third kappa shape index (κ3) is 3.65. The van der Waals surface area contributed by atoms with Gasteiger partial charge in [0.25, 0.3) is 0 Å². The molecule has 1 unspecified atom stereocenters. The van der Waals surface area contributed by atoms with Crippen LogP contribution in [0.3, 0.4) is 0 Å².